The van der Waals surface area contributed by atoms with Crippen molar-refractivity contribution in [3.63, 3.8) is 0 Å². The fourth-order valence-corrected chi connectivity index (χ4v) is 3.28. The number of benzene rings is 2. The van der Waals surface area contributed by atoms with Crippen molar-refractivity contribution < 1.29 is 22.8 Å². The van der Waals surface area contributed by atoms with Crippen molar-refractivity contribution >= 4 is 11.8 Å². The summed E-state index contributed by atoms with van der Waals surface area (Å²) >= 11 is 0. The predicted octanol–water partition coefficient (Wildman–Crippen LogP) is 3.86. The molecule has 1 fully saturated rings. The second kappa shape index (κ2) is 4.93. The first kappa shape index (κ1) is 14.9. The number of imide groups is 1. The molecule has 24 heavy (non-hydrogen) atoms. The van der Waals surface area contributed by atoms with E-state index in [1.54, 1.807) is 30.3 Å². The Hall–Kier alpha value is -2.63. The smallest absolute Gasteiger partial charge is 0.271 e. The van der Waals surface area contributed by atoms with E-state index < -0.39 is 11.7 Å². The molecule has 2 amide bonds. The Balaban J connectivity index is 1.60. The van der Waals surface area contributed by atoms with Gasteiger partial charge in [0.2, 0.25) is 0 Å². The van der Waals surface area contributed by atoms with Crippen LogP contribution in [0.5, 0.6) is 0 Å². The molecule has 0 bridgehead atoms. The van der Waals surface area contributed by atoms with E-state index in [0.29, 0.717) is 23.1 Å². The fraction of sp³-hybridized carbons (Fsp3) is 0.222. The summed E-state index contributed by atoms with van der Waals surface area (Å²) < 4.78 is 38.5. The number of nitrogens with zero attached hydrogens (tertiary/aromatic N) is 1. The largest absolute Gasteiger partial charge is 0.416 e. The van der Waals surface area contributed by atoms with Crippen molar-refractivity contribution in [3.05, 3.63) is 70.8 Å². The van der Waals surface area contributed by atoms with Gasteiger partial charge < -0.3 is 0 Å². The summed E-state index contributed by atoms with van der Waals surface area (Å²) in [6.45, 7) is 0. The normalized spacial score (nSPS) is 22.7. The van der Waals surface area contributed by atoms with Crippen molar-refractivity contribution in [2.24, 2.45) is 0 Å². The third kappa shape index (κ3) is 2.21. The van der Waals surface area contributed by atoms with Crippen LogP contribution in [0.1, 0.15) is 44.2 Å². The van der Waals surface area contributed by atoms with Gasteiger partial charge in [-0.15, -0.1) is 0 Å². The van der Waals surface area contributed by atoms with Gasteiger partial charge in [-0.3, -0.25) is 14.5 Å². The van der Waals surface area contributed by atoms with Gasteiger partial charge >= 0.3 is 6.18 Å². The van der Waals surface area contributed by atoms with Crippen molar-refractivity contribution in [2.75, 3.05) is 0 Å². The Morgan fingerprint density at radius 2 is 1.54 bits per heavy atom. The van der Waals surface area contributed by atoms with Crippen LogP contribution in [0.2, 0.25) is 0 Å². The minimum absolute atomic E-state index is 0.241. The van der Waals surface area contributed by atoms with E-state index in [1.165, 1.54) is 11.0 Å². The van der Waals surface area contributed by atoms with Gasteiger partial charge in [0, 0.05) is 12.0 Å². The first-order valence-electron chi connectivity index (χ1n) is 7.52. The summed E-state index contributed by atoms with van der Waals surface area (Å²) in [5.41, 5.74) is 0.508. The Morgan fingerprint density at radius 1 is 0.917 bits per heavy atom. The number of alkyl halides is 3. The molecule has 1 saturated carbocycles. The Bertz CT molecular complexity index is 824. The number of hydrogen-bond acceptors (Lipinski definition) is 2. The van der Waals surface area contributed by atoms with Gasteiger partial charge in [-0.25, -0.2) is 0 Å². The first-order chi connectivity index (χ1) is 11.4. The van der Waals surface area contributed by atoms with Crippen LogP contribution >= 0.6 is 0 Å². The summed E-state index contributed by atoms with van der Waals surface area (Å²) in [5.74, 6) is -0.973. The van der Waals surface area contributed by atoms with Gasteiger partial charge in [0.05, 0.1) is 16.7 Å². The topological polar surface area (TPSA) is 37.4 Å². The Morgan fingerprint density at radius 3 is 2.12 bits per heavy atom. The molecule has 0 N–H and O–H groups in total. The van der Waals surface area contributed by atoms with Crippen molar-refractivity contribution in [1.29, 1.82) is 0 Å². The highest BCUT2D eigenvalue weighted by atomic mass is 19.4. The number of hydrogen-bond donors (Lipinski definition) is 0. The van der Waals surface area contributed by atoms with E-state index in [-0.39, 0.29) is 23.8 Å². The number of amides is 2. The molecule has 2 aromatic rings. The summed E-state index contributed by atoms with van der Waals surface area (Å²) in [7, 11) is 0. The molecular formula is C18H12F3NO2. The molecule has 1 heterocycles. The highest BCUT2D eigenvalue weighted by Crippen LogP contribution is 2.48. The van der Waals surface area contributed by atoms with Crippen LogP contribution in [-0.2, 0) is 6.18 Å². The molecule has 1 aliphatic heterocycles. The van der Waals surface area contributed by atoms with E-state index in [9.17, 15) is 22.8 Å². The van der Waals surface area contributed by atoms with Crippen LogP contribution in [0.3, 0.4) is 0 Å². The molecule has 2 aliphatic rings. The van der Waals surface area contributed by atoms with Gasteiger partial charge in [0.25, 0.3) is 11.8 Å². The molecule has 0 aromatic heterocycles. The minimum atomic E-state index is -4.41. The van der Waals surface area contributed by atoms with E-state index in [1.807, 2.05) is 0 Å². The molecule has 4 rings (SSSR count). The molecule has 6 heteroatoms. The Labute approximate surface area is 135 Å². The van der Waals surface area contributed by atoms with Gasteiger partial charge in [0.15, 0.2) is 0 Å². The number of fused-ring (bicyclic) bond motifs is 1. The zero-order valence-electron chi connectivity index (χ0n) is 12.4. The maximum absolute atomic E-state index is 12.8. The number of halogens is 3. The van der Waals surface area contributed by atoms with Gasteiger partial charge in [-0.2, -0.15) is 13.2 Å². The lowest BCUT2D eigenvalue weighted by molar-refractivity contribution is -0.137. The van der Waals surface area contributed by atoms with Crippen molar-refractivity contribution in [3.8, 4) is 0 Å². The van der Waals surface area contributed by atoms with Crippen LogP contribution in [0.25, 0.3) is 0 Å². The van der Waals surface area contributed by atoms with E-state index in [4.69, 9.17) is 0 Å². The van der Waals surface area contributed by atoms with Crippen LogP contribution in [-0.4, -0.2) is 22.8 Å². The van der Waals surface area contributed by atoms with Crippen LogP contribution in [0.4, 0.5) is 13.2 Å². The quantitative estimate of drug-likeness (QED) is 0.784. The van der Waals surface area contributed by atoms with E-state index >= 15 is 0 Å². The zero-order chi connectivity index (χ0) is 17.1. The maximum atomic E-state index is 12.8. The zero-order valence-corrected chi connectivity index (χ0v) is 12.4. The molecule has 2 unspecified atom stereocenters. The number of rotatable bonds is 2. The average molecular weight is 331 g/mol. The number of carbonyl (C=O) groups is 2. The van der Waals surface area contributed by atoms with E-state index in [2.05, 4.69) is 0 Å². The van der Waals surface area contributed by atoms with E-state index in [0.717, 1.165) is 12.1 Å². The molecule has 3 nitrogen and oxygen atoms in total. The monoisotopic (exact) mass is 331 g/mol. The second-order valence-corrected chi connectivity index (χ2v) is 6.06. The standard InChI is InChI=1S/C18H12F3NO2/c19-18(20,21)11-5-3-4-10(8-11)14-9-15(14)22-16(23)12-6-1-2-7-13(12)17(22)24/h1-8,14-15H,9H2. The summed E-state index contributed by atoms with van der Waals surface area (Å²) in [4.78, 5) is 26.0. The molecule has 1 aliphatic carbocycles. The van der Waals surface area contributed by atoms with Crippen molar-refractivity contribution in [2.45, 2.75) is 24.6 Å². The SMILES string of the molecule is O=C1c2ccccc2C(=O)N1C1CC1c1cccc(C(F)(F)F)c1. The summed E-state index contributed by atoms with van der Waals surface area (Å²) in [5, 5.41) is 0. The first-order valence-corrected chi connectivity index (χ1v) is 7.52. The lowest BCUT2D eigenvalue weighted by Crippen LogP contribution is -2.32. The van der Waals surface area contributed by atoms with Crippen LogP contribution < -0.4 is 0 Å². The molecule has 122 valence electrons. The predicted molar refractivity (Wildman–Crippen MR) is 79.5 cm³/mol. The molecule has 0 spiro atoms. The third-order valence-electron chi connectivity index (χ3n) is 4.56. The second-order valence-electron chi connectivity index (χ2n) is 6.06. The molecule has 0 radical (unpaired) electrons. The van der Waals surface area contributed by atoms with Crippen LogP contribution in [0.15, 0.2) is 48.5 Å². The lowest BCUT2D eigenvalue weighted by atomic mass is 10.1. The lowest BCUT2D eigenvalue weighted by Gasteiger charge is -2.14. The van der Waals surface area contributed by atoms with Crippen molar-refractivity contribution in [1.82, 2.24) is 4.90 Å². The molecule has 2 aromatic carbocycles. The van der Waals surface area contributed by atoms with Gasteiger partial charge in [-0.05, 0) is 30.2 Å². The average Bonchev–Trinajstić information content (AvgIpc) is 3.30. The summed E-state index contributed by atoms with van der Waals surface area (Å²) in [6, 6.07) is 11.3. The minimum Gasteiger partial charge on any atom is -0.271 e. The highest BCUT2D eigenvalue weighted by Gasteiger charge is 2.51. The fourth-order valence-electron chi connectivity index (χ4n) is 3.28. The maximum Gasteiger partial charge on any atom is 0.416 e. The number of carbonyl (C=O) groups excluding carboxylic acids is 2. The third-order valence-corrected chi connectivity index (χ3v) is 4.56. The summed E-state index contributed by atoms with van der Waals surface area (Å²) in [6.07, 6.45) is -3.91. The van der Waals surface area contributed by atoms with Crippen LogP contribution in [0, 0.1) is 0 Å². The molecule has 2 atom stereocenters. The van der Waals surface area contributed by atoms with Gasteiger partial charge in [0.1, 0.15) is 0 Å². The van der Waals surface area contributed by atoms with Gasteiger partial charge in [-0.1, -0.05) is 30.3 Å². The Kier molecular flexibility index (Phi) is 3.07. The highest BCUT2D eigenvalue weighted by molar-refractivity contribution is 6.21. The molecule has 0 saturated heterocycles. The molecular weight excluding hydrogens is 319 g/mol.